The van der Waals surface area contributed by atoms with Crippen molar-refractivity contribution in [3.05, 3.63) is 36.0 Å². The highest BCUT2D eigenvalue weighted by molar-refractivity contribution is 5.70. The summed E-state index contributed by atoms with van der Waals surface area (Å²) >= 11 is 0. The van der Waals surface area contributed by atoms with Gasteiger partial charge in [0.25, 0.3) is 0 Å². The lowest BCUT2D eigenvalue weighted by atomic mass is 9.93. The zero-order valence-electron chi connectivity index (χ0n) is 22.4. The molecule has 0 aromatic carbocycles. The summed E-state index contributed by atoms with van der Waals surface area (Å²) in [5, 5.41) is 23.9. The van der Waals surface area contributed by atoms with Crippen LogP contribution in [0.15, 0.2) is 36.0 Å². The van der Waals surface area contributed by atoms with Crippen molar-refractivity contribution in [1.82, 2.24) is 5.32 Å². The molecule has 0 bridgehead atoms. The van der Waals surface area contributed by atoms with Gasteiger partial charge in [0.2, 0.25) is 0 Å². The van der Waals surface area contributed by atoms with Gasteiger partial charge in [0.05, 0.1) is 18.6 Å². The summed E-state index contributed by atoms with van der Waals surface area (Å²) in [6, 6.07) is 0. The van der Waals surface area contributed by atoms with Crippen molar-refractivity contribution in [1.29, 1.82) is 0 Å². The second-order valence-electron chi connectivity index (χ2n) is 10.2. The van der Waals surface area contributed by atoms with Crippen LogP contribution in [0.3, 0.4) is 0 Å². The van der Waals surface area contributed by atoms with Crippen molar-refractivity contribution in [3.63, 3.8) is 0 Å². The van der Waals surface area contributed by atoms with Gasteiger partial charge in [-0.3, -0.25) is 10.1 Å². The topological polar surface area (TPSA) is 88.0 Å². The quantitative estimate of drug-likeness (QED) is 0.181. The third-order valence-electron chi connectivity index (χ3n) is 6.91. The maximum absolute atomic E-state index is 12.4. The number of allylic oxidation sites excluding steroid dienone is 3. The van der Waals surface area contributed by atoms with Crippen molar-refractivity contribution < 1.29 is 24.5 Å². The number of carbonyl (C=O) groups is 1. The first kappa shape index (κ1) is 30.6. The minimum Gasteiger partial charge on any atom is -0.457 e. The number of ether oxygens (including phenoxy) is 2. The summed E-state index contributed by atoms with van der Waals surface area (Å²) < 4.78 is 11.2. The molecule has 0 aromatic rings. The van der Waals surface area contributed by atoms with Crippen LogP contribution < -0.4 is 5.32 Å². The zero-order chi connectivity index (χ0) is 25.7. The van der Waals surface area contributed by atoms with Gasteiger partial charge in [-0.25, -0.2) is 0 Å². The summed E-state index contributed by atoms with van der Waals surface area (Å²) in [6.07, 6.45) is 12.7. The summed E-state index contributed by atoms with van der Waals surface area (Å²) in [4.78, 5) is 12.4. The summed E-state index contributed by atoms with van der Waals surface area (Å²) in [5.74, 6) is 0.440. The van der Waals surface area contributed by atoms with Crippen LogP contribution in [-0.4, -0.2) is 54.9 Å². The van der Waals surface area contributed by atoms with Crippen molar-refractivity contribution in [2.24, 2.45) is 23.7 Å². The van der Waals surface area contributed by atoms with Crippen molar-refractivity contribution in [2.75, 3.05) is 14.2 Å². The van der Waals surface area contributed by atoms with E-state index in [9.17, 15) is 15.0 Å². The molecule has 0 saturated carbocycles. The van der Waals surface area contributed by atoms with Crippen LogP contribution in [0.5, 0.6) is 0 Å². The summed E-state index contributed by atoms with van der Waals surface area (Å²) in [6.45, 7) is 10.3. The predicted molar refractivity (Wildman–Crippen MR) is 138 cm³/mol. The average molecular weight is 480 g/mol. The smallest absolute Gasteiger partial charge is 0.309 e. The van der Waals surface area contributed by atoms with Crippen LogP contribution in [-0.2, 0) is 14.3 Å². The highest BCUT2D eigenvalue weighted by Crippen LogP contribution is 2.23. The fourth-order valence-electron chi connectivity index (χ4n) is 4.41. The number of aliphatic hydroxyl groups excluding tert-OH is 2. The Bertz CT molecular complexity index is 670. The average Bonchev–Trinajstić information content (AvgIpc) is 2.79. The molecule has 0 spiro atoms. The maximum Gasteiger partial charge on any atom is 0.309 e. The molecule has 8 atom stereocenters. The highest BCUT2D eigenvalue weighted by Gasteiger charge is 2.24. The molecule has 0 fully saturated rings. The largest absolute Gasteiger partial charge is 0.457 e. The fraction of sp³-hybridized carbons (Fsp3) is 0.750. The van der Waals surface area contributed by atoms with E-state index >= 15 is 0 Å². The molecule has 8 unspecified atom stereocenters. The minimum absolute atomic E-state index is 0.000330. The Morgan fingerprint density at radius 3 is 2.65 bits per heavy atom. The molecule has 1 aliphatic heterocycles. The first-order chi connectivity index (χ1) is 16.1. The molecule has 0 amide bonds. The van der Waals surface area contributed by atoms with Gasteiger partial charge < -0.3 is 19.7 Å². The zero-order valence-corrected chi connectivity index (χ0v) is 22.4. The SMILES string of the molecule is CNC(OC)C(C)CCC(O)C(C)C=CC=C(C)C1OC(=O)CC(O)CCC(C)CC=CC1C. The molecular weight excluding hydrogens is 430 g/mol. The Hall–Kier alpha value is -1.47. The molecule has 196 valence electrons. The van der Waals surface area contributed by atoms with Crippen LogP contribution >= 0.6 is 0 Å². The Kier molecular flexibility index (Phi) is 14.6. The van der Waals surface area contributed by atoms with Gasteiger partial charge in [-0.05, 0) is 63.5 Å². The number of carbonyl (C=O) groups excluding carboxylic acids is 1. The lowest BCUT2D eigenvalue weighted by Crippen LogP contribution is -2.34. The number of methoxy groups -OCH3 is 1. The van der Waals surface area contributed by atoms with Gasteiger partial charge in [0.15, 0.2) is 0 Å². The van der Waals surface area contributed by atoms with E-state index < -0.39 is 12.2 Å². The van der Waals surface area contributed by atoms with Crippen molar-refractivity contribution in [2.45, 2.75) is 97.7 Å². The molecule has 1 aliphatic rings. The lowest BCUT2D eigenvalue weighted by molar-refractivity contribution is -0.151. The standard InChI is InChI=1S/C28H49NO5/c1-19-10-8-12-21(3)27(34-26(32)18-24(30)16-14-19)22(4)13-9-11-20(2)25(31)17-15-23(5)28(29-6)33-7/h8-9,11-13,19-21,23-25,27-31H,10,14-18H2,1-7H3. The third-order valence-corrected chi connectivity index (χ3v) is 6.91. The van der Waals surface area contributed by atoms with Gasteiger partial charge in [-0.15, -0.1) is 0 Å². The second kappa shape index (κ2) is 16.2. The van der Waals surface area contributed by atoms with E-state index in [2.05, 4.69) is 31.3 Å². The molecule has 6 nitrogen and oxygen atoms in total. The Balaban J connectivity index is 2.79. The fourth-order valence-corrected chi connectivity index (χ4v) is 4.41. The van der Waals surface area contributed by atoms with Crippen LogP contribution in [0.25, 0.3) is 0 Å². The van der Waals surface area contributed by atoms with E-state index in [0.29, 0.717) is 24.7 Å². The molecule has 3 N–H and O–H groups in total. The van der Waals surface area contributed by atoms with E-state index in [4.69, 9.17) is 9.47 Å². The summed E-state index contributed by atoms with van der Waals surface area (Å²) in [7, 11) is 3.56. The summed E-state index contributed by atoms with van der Waals surface area (Å²) in [5.41, 5.74) is 0.939. The number of hydrogen-bond donors (Lipinski definition) is 3. The van der Waals surface area contributed by atoms with E-state index in [-0.39, 0.29) is 36.6 Å². The van der Waals surface area contributed by atoms with Crippen LogP contribution in [0.2, 0.25) is 0 Å². The van der Waals surface area contributed by atoms with Gasteiger partial charge >= 0.3 is 5.97 Å². The molecule has 0 aliphatic carbocycles. The van der Waals surface area contributed by atoms with Crippen LogP contribution in [0, 0.1) is 23.7 Å². The third kappa shape index (κ3) is 11.3. The van der Waals surface area contributed by atoms with Gasteiger partial charge in [-0.2, -0.15) is 0 Å². The molecule has 1 heterocycles. The van der Waals surface area contributed by atoms with Gasteiger partial charge in [-0.1, -0.05) is 58.1 Å². The normalized spacial score (nSPS) is 29.1. The van der Waals surface area contributed by atoms with E-state index in [1.165, 1.54) is 0 Å². The highest BCUT2D eigenvalue weighted by atomic mass is 16.5. The van der Waals surface area contributed by atoms with E-state index in [0.717, 1.165) is 24.8 Å². The monoisotopic (exact) mass is 479 g/mol. The Morgan fingerprint density at radius 1 is 1.29 bits per heavy atom. The Morgan fingerprint density at radius 2 is 2.00 bits per heavy atom. The molecule has 0 aromatic heterocycles. The van der Waals surface area contributed by atoms with E-state index in [1.807, 2.05) is 46.0 Å². The first-order valence-electron chi connectivity index (χ1n) is 12.9. The van der Waals surface area contributed by atoms with E-state index in [1.54, 1.807) is 7.11 Å². The molecule has 34 heavy (non-hydrogen) atoms. The first-order valence-corrected chi connectivity index (χ1v) is 12.9. The molecule has 0 radical (unpaired) electrons. The van der Waals surface area contributed by atoms with Crippen LogP contribution in [0.1, 0.15) is 73.1 Å². The minimum atomic E-state index is -0.657. The number of cyclic esters (lactones) is 1. The van der Waals surface area contributed by atoms with Gasteiger partial charge in [0, 0.05) is 18.9 Å². The van der Waals surface area contributed by atoms with Gasteiger partial charge in [0.1, 0.15) is 12.3 Å². The molecule has 6 heteroatoms. The Labute approximate surface area is 207 Å². The number of aliphatic hydroxyl groups is 2. The molecule has 1 rings (SSSR count). The maximum atomic E-state index is 12.4. The number of hydrogen-bond acceptors (Lipinski definition) is 6. The van der Waals surface area contributed by atoms with Crippen LogP contribution in [0.4, 0.5) is 0 Å². The molecule has 0 saturated heterocycles. The lowest BCUT2D eigenvalue weighted by Gasteiger charge is -2.25. The van der Waals surface area contributed by atoms with Crippen molar-refractivity contribution in [3.8, 4) is 0 Å². The second-order valence-corrected chi connectivity index (χ2v) is 10.2. The van der Waals surface area contributed by atoms with Crippen molar-refractivity contribution >= 4 is 5.97 Å². The predicted octanol–water partition coefficient (Wildman–Crippen LogP) is 4.77. The number of esters is 1. The number of rotatable bonds is 10. The number of nitrogens with one attached hydrogen (secondary N) is 1. The molecular formula is C28H49NO5.